The van der Waals surface area contributed by atoms with Crippen molar-refractivity contribution in [2.75, 3.05) is 24.2 Å². The number of rotatable bonds is 7. The van der Waals surface area contributed by atoms with Gasteiger partial charge in [0.05, 0.1) is 24.1 Å². The van der Waals surface area contributed by atoms with E-state index in [1.165, 1.54) is 13.1 Å². The number of carbonyl (C=O) groups excluding carboxylic acids is 2. The third kappa shape index (κ3) is 3.90. The van der Waals surface area contributed by atoms with E-state index in [1.807, 2.05) is 0 Å². The lowest BCUT2D eigenvalue weighted by Crippen LogP contribution is -2.27. The zero-order chi connectivity index (χ0) is 20.6. The minimum atomic E-state index is -3.66. The molecule has 0 unspecified atom stereocenters. The summed E-state index contributed by atoms with van der Waals surface area (Å²) in [4.78, 5) is 25.3. The van der Waals surface area contributed by atoms with Gasteiger partial charge in [0.1, 0.15) is 6.26 Å². The van der Waals surface area contributed by atoms with Gasteiger partial charge in [0.2, 0.25) is 21.5 Å². The predicted molar refractivity (Wildman–Crippen MR) is 103 cm³/mol. The van der Waals surface area contributed by atoms with Crippen LogP contribution in [0.4, 0.5) is 5.69 Å². The summed E-state index contributed by atoms with van der Waals surface area (Å²) < 4.78 is 34.8. The number of ether oxygens (including phenoxy) is 1. The molecule has 0 atom stereocenters. The van der Waals surface area contributed by atoms with Crippen LogP contribution in [0.2, 0.25) is 5.02 Å². The van der Waals surface area contributed by atoms with Crippen LogP contribution in [0.3, 0.4) is 0 Å². The van der Waals surface area contributed by atoms with E-state index in [9.17, 15) is 18.0 Å². The van der Waals surface area contributed by atoms with Crippen molar-refractivity contribution in [3.05, 3.63) is 45.8 Å². The average molecular weight is 427 g/mol. The summed E-state index contributed by atoms with van der Waals surface area (Å²) in [5.74, 6) is -1.17. The number of hydrogen-bond donors (Lipinski definition) is 0. The number of sulfonamides is 1. The maximum atomic E-state index is 13.2. The summed E-state index contributed by atoms with van der Waals surface area (Å²) in [5, 5.41) is 3.95. The van der Waals surface area contributed by atoms with Crippen molar-refractivity contribution in [3.63, 3.8) is 0 Å². The number of nitrogens with zero attached hydrogens (tertiary/aromatic N) is 2. The lowest BCUT2D eigenvalue weighted by Gasteiger charge is -2.21. The van der Waals surface area contributed by atoms with Gasteiger partial charge in [-0.15, -0.1) is 0 Å². The van der Waals surface area contributed by atoms with Crippen molar-refractivity contribution in [1.82, 2.24) is 5.16 Å². The number of halogens is 1. The van der Waals surface area contributed by atoms with Gasteiger partial charge in [-0.05, 0) is 43.4 Å². The molecule has 0 saturated heterocycles. The van der Waals surface area contributed by atoms with Crippen molar-refractivity contribution in [2.24, 2.45) is 0 Å². The molecule has 0 amide bonds. The molecular weight excluding hydrogens is 408 g/mol. The molecule has 0 N–H and O–H groups in total. The van der Waals surface area contributed by atoms with E-state index in [4.69, 9.17) is 20.9 Å². The molecule has 1 aliphatic carbocycles. The SMILES string of the molecule is CCOC(=O)c1nocc1C(=O)c1cc(C2CC2)c(Cl)cc1N(C)S(C)(=O)=O. The Morgan fingerprint density at radius 1 is 1.32 bits per heavy atom. The molecule has 1 saturated carbocycles. The molecule has 1 aromatic carbocycles. The molecule has 0 bridgehead atoms. The molecule has 10 heteroatoms. The van der Waals surface area contributed by atoms with E-state index in [2.05, 4.69) is 5.16 Å². The number of hydrogen-bond acceptors (Lipinski definition) is 7. The first-order valence-electron chi connectivity index (χ1n) is 8.58. The van der Waals surface area contributed by atoms with E-state index >= 15 is 0 Å². The second-order valence-corrected chi connectivity index (χ2v) is 8.94. The minimum Gasteiger partial charge on any atom is -0.461 e. The summed E-state index contributed by atoms with van der Waals surface area (Å²) in [6.07, 6.45) is 3.95. The van der Waals surface area contributed by atoms with Crippen LogP contribution in [0.25, 0.3) is 0 Å². The van der Waals surface area contributed by atoms with E-state index in [0.29, 0.717) is 5.02 Å². The first-order chi connectivity index (χ1) is 13.1. The molecule has 0 spiro atoms. The highest BCUT2D eigenvalue weighted by atomic mass is 35.5. The molecule has 1 heterocycles. The van der Waals surface area contributed by atoms with Crippen LogP contribution in [0.5, 0.6) is 0 Å². The summed E-state index contributed by atoms with van der Waals surface area (Å²) in [6.45, 7) is 1.73. The first-order valence-corrected chi connectivity index (χ1v) is 10.8. The van der Waals surface area contributed by atoms with Gasteiger partial charge >= 0.3 is 5.97 Å². The molecule has 2 aromatic rings. The number of anilines is 1. The van der Waals surface area contributed by atoms with Gasteiger partial charge in [0.15, 0.2) is 0 Å². The normalized spacial score (nSPS) is 14.0. The topological polar surface area (TPSA) is 107 Å². The van der Waals surface area contributed by atoms with Crippen molar-refractivity contribution < 1.29 is 27.3 Å². The number of benzene rings is 1. The molecule has 28 heavy (non-hydrogen) atoms. The van der Waals surface area contributed by atoms with E-state index in [1.54, 1.807) is 13.0 Å². The van der Waals surface area contributed by atoms with Gasteiger partial charge in [-0.1, -0.05) is 16.8 Å². The van der Waals surface area contributed by atoms with Crippen LogP contribution in [-0.4, -0.2) is 45.2 Å². The molecule has 1 aromatic heterocycles. The molecule has 0 aliphatic heterocycles. The lowest BCUT2D eigenvalue weighted by atomic mass is 9.98. The van der Waals surface area contributed by atoms with E-state index in [-0.39, 0.29) is 35.0 Å². The van der Waals surface area contributed by atoms with Gasteiger partial charge in [-0.2, -0.15) is 0 Å². The molecule has 1 aliphatic rings. The summed E-state index contributed by atoms with van der Waals surface area (Å²) in [5.41, 5.74) is 0.601. The number of aromatic nitrogens is 1. The highest BCUT2D eigenvalue weighted by Gasteiger charge is 2.32. The fourth-order valence-electron chi connectivity index (χ4n) is 2.80. The molecule has 3 rings (SSSR count). The van der Waals surface area contributed by atoms with Gasteiger partial charge in [0, 0.05) is 17.6 Å². The zero-order valence-corrected chi connectivity index (χ0v) is 17.1. The highest BCUT2D eigenvalue weighted by Crippen LogP contribution is 2.45. The number of esters is 1. The monoisotopic (exact) mass is 426 g/mol. The smallest absolute Gasteiger partial charge is 0.361 e. The molecule has 8 nitrogen and oxygen atoms in total. The molecule has 0 radical (unpaired) electrons. The minimum absolute atomic E-state index is 0.0907. The maximum absolute atomic E-state index is 13.2. The maximum Gasteiger partial charge on any atom is 0.361 e. The Hall–Kier alpha value is -2.39. The van der Waals surface area contributed by atoms with Crippen LogP contribution in [-0.2, 0) is 14.8 Å². The van der Waals surface area contributed by atoms with Gasteiger partial charge in [-0.3, -0.25) is 9.10 Å². The predicted octanol–water partition coefficient (Wildman–Crippen LogP) is 3.01. The van der Waals surface area contributed by atoms with Crippen molar-refractivity contribution >= 4 is 39.1 Å². The van der Waals surface area contributed by atoms with E-state index < -0.39 is 21.8 Å². The molecule has 150 valence electrons. The Morgan fingerprint density at radius 3 is 2.57 bits per heavy atom. The Kier molecular flexibility index (Phi) is 5.49. The summed E-state index contributed by atoms with van der Waals surface area (Å²) >= 11 is 6.35. The quantitative estimate of drug-likeness (QED) is 0.494. The van der Waals surface area contributed by atoms with Gasteiger partial charge in [-0.25, -0.2) is 13.2 Å². The first kappa shape index (κ1) is 20.3. The largest absolute Gasteiger partial charge is 0.461 e. The van der Waals surface area contributed by atoms with Crippen LogP contribution in [0.1, 0.15) is 57.7 Å². The zero-order valence-electron chi connectivity index (χ0n) is 15.6. The summed E-state index contributed by atoms with van der Waals surface area (Å²) in [6, 6.07) is 3.04. The number of ketones is 1. The van der Waals surface area contributed by atoms with Crippen LogP contribution in [0.15, 0.2) is 22.9 Å². The van der Waals surface area contributed by atoms with E-state index in [0.717, 1.165) is 35.2 Å². The Balaban J connectivity index is 2.14. The lowest BCUT2D eigenvalue weighted by molar-refractivity contribution is 0.0512. The number of carbonyl (C=O) groups is 2. The standard InChI is InChI=1S/C18H19ClN2O6S/c1-4-26-18(23)16-13(9-27-20-16)17(22)12-7-11(10-5-6-10)14(19)8-15(12)21(2)28(3,24)25/h7-10H,4-6H2,1-3H3. The fourth-order valence-corrected chi connectivity index (χ4v) is 3.62. The third-order valence-electron chi connectivity index (χ3n) is 4.50. The van der Waals surface area contributed by atoms with Gasteiger partial charge < -0.3 is 9.26 Å². The Bertz CT molecular complexity index is 1040. The van der Waals surface area contributed by atoms with Crippen LogP contribution in [0, 0.1) is 0 Å². The van der Waals surface area contributed by atoms with Crippen LogP contribution >= 0.6 is 11.6 Å². The second-order valence-electron chi connectivity index (χ2n) is 6.52. The highest BCUT2D eigenvalue weighted by molar-refractivity contribution is 7.92. The Morgan fingerprint density at radius 2 is 2.00 bits per heavy atom. The molecular formula is C18H19ClN2O6S. The summed E-state index contributed by atoms with van der Waals surface area (Å²) in [7, 11) is -2.33. The third-order valence-corrected chi connectivity index (χ3v) is 6.02. The van der Waals surface area contributed by atoms with Gasteiger partial charge in [0.25, 0.3) is 0 Å². The fraction of sp³-hybridized carbons (Fsp3) is 0.389. The van der Waals surface area contributed by atoms with Crippen molar-refractivity contribution in [3.8, 4) is 0 Å². The van der Waals surface area contributed by atoms with Crippen molar-refractivity contribution in [2.45, 2.75) is 25.7 Å². The van der Waals surface area contributed by atoms with Crippen molar-refractivity contribution in [1.29, 1.82) is 0 Å². The Labute approximate surface area is 167 Å². The average Bonchev–Trinajstić information content (AvgIpc) is 3.35. The van der Waals surface area contributed by atoms with Crippen LogP contribution < -0.4 is 4.31 Å². The molecule has 1 fully saturated rings. The second kappa shape index (κ2) is 7.56.